The van der Waals surface area contributed by atoms with E-state index in [-0.39, 0.29) is 6.79 Å². The zero-order valence-electron chi connectivity index (χ0n) is 12.2. The average molecular weight is 356 g/mol. The second-order valence-corrected chi connectivity index (χ2v) is 6.45. The number of imidazole rings is 1. The first kappa shape index (κ1) is 14.9. The van der Waals surface area contributed by atoms with Crippen molar-refractivity contribution in [3.05, 3.63) is 51.9 Å². The van der Waals surface area contributed by atoms with Crippen LogP contribution in [0.5, 0.6) is 11.5 Å². The summed E-state index contributed by atoms with van der Waals surface area (Å²) in [4.78, 5) is 8.11. The summed E-state index contributed by atoms with van der Waals surface area (Å²) in [6.45, 7) is 0.178. The fraction of sp³-hybridized carbons (Fsp3) is 0.0588. The second kappa shape index (κ2) is 6.11. The van der Waals surface area contributed by atoms with Gasteiger partial charge in [-0.25, -0.2) is 4.98 Å². The standard InChI is InChI=1S/C17H10ClN3O2S/c18-12-7-16-15(22-9-23-16)6-10(12)5-11(8-19)24-17-20-13-3-1-2-4-14(13)21-17/h1-7H,9H2,(H,20,21)/b11-5+. The van der Waals surface area contributed by atoms with Gasteiger partial charge in [-0.3, -0.25) is 0 Å². The highest BCUT2D eigenvalue weighted by Gasteiger charge is 2.16. The first-order chi connectivity index (χ1) is 11.7. The molecule has 0 amide bonds. The molecule has 2 heterocycles. The van der Waals surface area contributed by atoms with Crippen LogP contribution in [0.3, 0.4) is 0 Å². The number of hydrogen-bond donors (Lipinski definition) is 1. The van der Waals surface area contributed by atoms with E-state index in [0.29, 0.717) is 32.1 Å². The van der Waals surface area contributed by atoms with Crippen LogP contribution in [-0.4, -0.2) is 16.8 Å². The van der Waals surface area contributed by atoms with Crippen molar-refractivity contribution in [1.82, 2.24) is 9.97 Å². The van der Waals surface area contributed by atoms with Crippen molar-refractivity contribution in [2.45, 2.75) is 5.16 Å². The fourth-order valence-corrected chi connectivity index (χ4v) is 3.30. The van der Waals surface area contributed by atoms with Gasteiger partial charge in [-0.2, -0.15) is 5.26 Å². The number of nitrogens with zero attached hydrogens (tertiary/aromatic N) is 2. The fourth-order valence-electron chi connectivity index (χ4n) is 2.35. The summed E-state index contributed by atoms with van der Waals surface area (Å²) in [7, 11) is 0. The minimum atomic E-state index is 0.178. The lowest BCUT2D eigenvalue weighted by Crippen LogP contribution is -1.92. The Morgan fingerprint density at radius 3 is 2.88 bits per heavy atom. The number of aromatic nitrogens is 2. The molecule has 0 spiro atoms. The molecule has 1 N–H and O–H groups in total. The summed E-state index contributed by atoms with van der Waals surface area (Å²) >= 11 is 7.51. The van der Waals surface area contributed by atoms with Crippen molar-refractivity contribution < 1.29 is 9.47 Å². The van der Waals surface area contributed by atoms with Crippen LogP contribution in [0.15, 0.2) is 46.5 Å². The van der Waals surface area contributed by atoms with Crippen LogP contribution >= 0.6 is 23.4 Å². The normalized spacial score (nSPS) is 13.2. The van der Waals surface area contributed by atoms with Gasteiger partial charge in [0.25, 0.3) is 0 Å². The maximum absolute atomic E-state index is 9.43. The molecule has 0 bridgehead atoms. The van der Waals surface area contributed by atoms with Gasteiger partial charge in [0.15, 0.2) is 16.7 Å². The van der Waals surface area contributed by atoms with E-state index in [4.69, 9.17) is 21.1 Å². The summed E-state index contributed by atoms with van der Waals surface area (Å²) in [6.07, 6.45) is 1.71. The number of halogens is 1. The van der Waals surface area contributed by atoms with E-state index in [1.807, 2.05) is 24.3 Å². The molecule has 0 saturated heterocycles. The topological polar surface area (TPSA) is 70.9 Å². The molecule has 1 aliphatic rings. The monoisotopic (exact) mass is 355 g/mol. The third kappa shape index (κ3) is 2.80. The van der Waals surface area contributed by atoms with Crippen LogP contribution in [0.4, 0.5) is 0 Å². The van der Waals surface area contributed by atoms with Crippen LogP contribution in [0.1, 0.15) is 5.56 Å². The van der Waals surface area contributed by atoms with E-state index in [2.05, 4.69) is 16.0 Å². The van der Waals surface area contributed by atoms with Gasteiger partial charge >= 0.3 is 0 Å². The lowest BCUT2D eigenvalue weighted by molar-refractivity contribution is 0.174. The van der Waals surface area contributed by atoms with E-state index in [1.54, 1.807) is 18.2 Å². The van der Waals surface area contributed by atoms with Gasteiger partial charge in [0.1, 0.15) is 6.07 Å². The Bertz CT molecular complexity index is 974. The van der Waals surface area contributed by atoms with Crippen molar-refractivity contribution in [2.75, 3.05) is 6.79 Å². The molecular weight excluding hydrogens is 346 g/mol. The molecule has 0 atom stereocenters. The minimum absolute atomic E-state index is 0.178. The number of H-pyrrole nitrogens is 1. The van der Waals surface area contributed by atoms with E-state index in [9.17, 15) is 5.26 Å². The molecule has 118 valence electrons. The van der Waals surface area contributed by atoms with Crippen molar-refractivity contribution in [2.24, 2.45) is 0 Å². The Morgan fingerprint density at radius 1 is 1.29 bits per heavy atom. The first-order valence-corrected chi connectivity index (χ1v) is 8.26. The van der Waals surface area contributed by atoms with Gasteiger partial charge in [0.2, 0.25) is 6.79 Å². The highest BCUT2D eigenvalue weighted by molar-refractivity contribution is 8.03. The van der Waals surface area contributed by atoms with E-state index in [0.717, 1.165) is 11.0 Å². The largest absolute Gasteiger partial charge is 0.454 e. The lowest BCUT2D eigenvalue weighted by Gasteiger charge is -2.02. The summed E-state index contributed by atoms with van der Waals surface area (Å²) < 4.78 is 10.6. The van der Waals surface area contributed by atoms with Gasteiger partial charge in [0.05, 0.1) is 21.0 Å². The predicted molar refractivity (Wildman–Crippen MR) is 93.1 cm³/mol. The third-order valence-corrected chi connectivity index (χ3v) is 4.61. The summed E-state index contributed by atoms with van der Waals surface area (Å²) in [6, 6.07) is 13.3. The summed E-state index contributed by atoms with van der Waals surface area (Å²) in [5, 5.41) is 10.6. The van der Waals surface area contributed by atoms with Crippen LogP contribution in [-0.2, 0) is 0 Å². The molecule has 0 radical (unpaired) electrons. The Labute approximate surface area is 146 Å². The molecule has 0 fully saturated rings. The van der Waals surface area contributed by atoms with Gasteiger partial charge < -0.3 is 14.5 Å². The maximum Gasteiger partial charge on any atom is 0.231 e. The highest BCUT2D eigenvalue weighted by Crippen LogP contribution is 2.38. The molecule has 0 saturated carbocycles. The molecule has 0 unspecified atom stereocenters. The molecule has 1 aliphatic heterocycles. The second-order valence-electron chi connectivity index (χ2n) is 5.01. The SMILES string of the molecule is N#C/C(=C\c1cc2c(cc1Cl)OCO2)Sc1nc2ccccc2[nH]1. The van der Waals surface area contributed by atoms with Crippen molar-refractivity contribution >= 4 is 40.5 Å². The maximum atomic E-state index is 9.43. The number of rotatable bonds is 3. The number of nitrogens with one attached hydrogen (secondary N) is 1. The summed E-state index contributed by atoms with van der Waals surface area (Å²) in [5.41, 5.74) is 2.48. The van der Waals surface area contributed by atoms with Gasteiger partial charge in [-0.15, -0.1) is 0 Å². The van der Waals surface area contributed by atoms with Crippen LogP contribution in [0.2, 0.25) is 5.02 Å². The zero-order chi connectivity index (χ0) is 16.5. The van der Waals surface area contributed by atoms with E-state index < -0.39 is 0 Å². The molecule has 2 aromatic carbocycles. The number of para-hydroxylation sites is 2. The smallest absolute Gasteiger partial charge is 0.231 e. The Morgan fingerprint density at radius 2 is 2.08 bits per heavy atom. The minimum Gasteiger partial charge on any atom is -0.454 e. The first-order valence-electron chi connectivity index (χ1n) is 7.06. The Kier molecular flexibility index (Phi) is 3.81. The average Bonchev–Trinajstić information content (AvgIpc) is 3.19. The number of benzene rings is 2. The molecule has 24 heavy (non-hydrogen) atoms. The molecule has 4 rings (SSSR count). The van der Waals surface area contributed by atoms with E-state index >= 15 is 0 Å². The lowest BCUT2D eigenvalue weighted by atomic mass is 10.2. The number of fused-ring (bicyclic) bond motifs is 2. The highest BCUT2D eigenvalue weighted by atomic mass is 35.5. The predicted octanol–water partition coefficient (Wildman–Crippen LogP) is 4.60. The van der Waals surface area contributed by atoms with Gasteiger partial charge in [-0.1, -0.05) is 23.7 Å². The number of hydrogen-bond acceptors (Lipinski definition) is 5. The molecule has 3 aromatic rings. The quantitative estimate of drug-likeness (QED) is 0.549. The van der Waals surface area contributed by atoms with Crippen LogP contribution in [0, 0.1) is 11.3 Å². The van der Waals surface area contributed by atoms with Gasteiger partial charge in [-0.05, 0) is 41.6 Å². The number of allylic oxidation sites excluding steroid dienone is 1. The number of thioether (sulfide) groups is 1. The Balaban J connectivity index is 1.66. The molecular formula is C17H10ClN3O2S. The summed E-state index contributed by atoms with van der Waals surface area (Å²) in [5.74, 6) is 1.23. The Hall–Kier alpha value is -2.62. The number of ether oxygens (including phenoxy) is 2. The van der Waals surface area contributed by atoms with Crippen molar-refractivity contribution in [1.29, 1.82) is 5.26 Å². The van der Waals surface area contributed by atoms with Crippen molar-refractivity contribution in [3.8, 4) is 17.6 Å². The molecule has 1 aromatic heterocycles. The number of aromatic amines is 1. The molecule has 5 nitrogen and oxygen atoms in total. The molecule has 7 heteroatoms. The van der Waals surface area contributed by atoms with Crippen molar-refractivity contribution in [3.63, 3.8) is 0 Å². The third-order valence-electron chi connectivity index (χ3n) is 3.46. The van der Waals surface area contributed by atoms with E-state index in [1.165, 1.54) is 11.8 Å². The zero-order valence-corrected chi connectivity index (χ0v) is 13.8. The van der Waals surface area contributed by atoms with Crippen LogP contribution in [0.25, 0.3) is 17.1 Å². The number of nitriles is 1. The molecule has 0 aliphatic carbocycles. The van der Waals surface area contributed by atoms with Gasteiger partial charge in [0, 0.05) is 6.07 Å². The van der Waals surface area contributed by atoms with Crippen LogP contribution < -0.4 is 9.47 Å².